The van der Waals surface area contributed by atoms with E-state index in [4.69, 9.17) is 16.6 Å². The number of anilines is 1. The lowest BCUT2D eigenvalue weighted by atomic mass is 10.2. The first kappa shape index (κ1) is 23.5. The highest BCUT2D eigenvalue weighted by atomic mass is 35.5. The number of aromatic nitrogens is 2. The molecule has 0 fully saturated rings. The molecule has 2 aromatic heterocycles. The normalized spacial score (nSPS) is 11.2. The number of nitrogens with zero attached hydrogens (tertiary/aromatic N) is 2. The number of carbonyl (C=O) groups is 1. The highest BCUT2D eigenvalue weighted by Crippen LogP contribution is 2.31. The summed E-state index contributed by atoms with van der Waals surface area (Å²) in [6, 6.07) is 13.1. The second-order valence-electron chi connectivity index (χ2n) is 7.80. The highest BCUT2D eigenvalue weighted by Gasteiger charge is 2.19. The minimum absolute atomic E-state index is 0.106. The molecule has 2 aromatic carbocycles. The predicted octanol–water partition coefficient (Wildman–Crippen LogP) is 6.32. The van der Waals surface area contributed by atoms with Gasteiger partial charge in [-0.25, -0.2) is 4.98 Å². The summed E-state index contributed by atoms with van der Waals surface area (Å²) in [5.41, 5.74) is 4.21. The summed E-state index contributed by atoms with van der Waals surface area (Å²) in [6.45, 7) is 7.92. The smallest absolute Gasteiger partial charge is 0.267 e. The molecule has 1 N–H and O–H groups in total. The number of amides is 1. The van der Waals surface area contributed by atoms with Crippen LogP contribution in [0.5, 0.6) is 0 Å². The van der Waals surface area contributed by atoms with Gasteiger partial charge in [-0.15, -0.1) is 11.3 Å². The third-order valence-corrected chi connectivity index (χ3v) is 8.20. The van der Waals surface area contributed by atoms with Gasteiger partial charge in [0.25, 0.3) is 5.56 Å². The molecule has 4 aromatic rings. The number of thioether (sulfide) groups is 1. The van der Waals surface area contributed by atoms with Gasteiger partial charge in [0.05, 0.1) is 16.8 Å². The summed E-state index contributed by atoms with van der Waals surface area (Å²) in [7, 11) is 0. The summed E-state index contributed by atoms with van der Waals surface area (Å²) >= 11 is 8.96. The summed E-state index contributed by atoms with van der Waals surface area (Å²) in [6.07, 6.45) is 0.848. The number of fused-ring (bicyclic) bond motifs is 1. The summed E-state index contributed by atoms with van der Waals surface area (Å²) in [4.78, 5) is 33.0. The Kier molecular flexibility index (Phi) is 6.93. The molecule has 1 amide bonds. The first-order chi connectivity index (χ1) is 15.8. The van der Waals surface area contributed by atoms with E-state index in [-0.39, 0.29) is 17.2 Å². The number of nitrogens with one attached hydrogen (secondary N) is 1. The standard InChI is InChI=1S/C25H24ClN3O2S2/c1-5-20-16(4)22-23(33-20)28-25(29(24(22)31)17-11-9-14(2)10-12-17)32-13-21(30)27-19-8-6-7-18(26)15(19)3/h6-12H,5,13H2,1-4H3,(H,27,30). The Morgan fingerprint density at radius 1 is 1.12 bits per heavy atom. The SMILES string of the molecule is CCc1sc2nc(SCC(=O)Nc3cccc(Cl)c3C)n(-c3ccc(C)cc3)c(=O)c2c1C. The van der Waals surface area contributed by atoms with Crippen LogP contribution in [0.2, 0.25) is 5.02 Å². The van der Waals surface area contributed by atoms with Gasteiger partial charge in [-0.1, -0.05) is 54.0 Å². The number of rotatable bonds is 6. The fourth-order valence-corrected chi connectivity index (χ4v) is 5.77. The number of carbonyl (C=O) groups excluding carboxylic acids is 1. The van der Waals surface area contributed by atoms with E-state index in [1.165, 1.54) is 11.8 Å². The second kappa shape index (κ2) is 9.71. The zero-order chi connectivity index (χ0) is 23.7. The van der Waals surface area contributed by atoms with Crippen molar-refractivity contribution in [3.05, 3.63) is 79.4 Å². The van der Waals surface area contributed by atoms with E-state index in [2.05, 4.69) is 12.2 Å². The molecule has 8 heteroatoms. The summed E-state index contributed by atoms with van der Waals surface area (Å²) < 4.78 is 1.61. The molecule has 0 unspecified atom stereocenters. The molecule has 5 nitrogen and oxygen atoms in total. The van der Waals surface area contributed by atoms with Crippen molar-refractivity contribution >= 4 is 56.5 Å². The van der Waals surface area contributed by atoms with E-state index in [1.54, 1.807) is 28.0 Å². The zero-order valence-corrected chi connectivity index (χ0v) is 21.2. The molecule has 0 bridgehead atoms. The summed E-state index contributed by atoms with van der Waals surface area (Å²) in [5, 5.41) is 4.65. The molecule has 0 radical (unpaired) electrons. The molecule has 0 aliphatic heterocycles. The number of aryl methyl sites for hydroxylation is 3. The lowest BCUT2D eigenvalue weighted by molar-refractivity contribution is -0.113. The lowest BCUT2D eigenvalue weighted by Crippen LogP contribution is -2.23. The van der Waals surface area contributed by atoms with Crippen LogP contribution in [0.15, 0.2) is 52.4 Å². The molecule has 0 atom stereocenters. The lowest BCUT2D eigenvalue weighted by Gasteiger charge is -2.13. The summed E-state index contributed by atoms with van der Waals surface area (Å²) in [5.74, 6) is -0.0763. The van der Waals surface area contributed by atoms with E-state index < -0.39 is 0 Å². The van der Waals surface area contributed by atoms with Gasteiger partial charge < -0.3 is 5.32 Å². The monoisotopic (exact) mass is 497 g/mol. The number of benzene rings is 2. The zero-order valence-electron chi connectivity index (χ0n) is 18.9. The molecule has 2 heterocycles. The Labute approximate surface area is 205 Å². The van der Waals surface area contributed by atoms with E-state index in [0.717, 1.165) is 33.7 Å². The fourth-order valence-electron chi connectivity index (χ4n) is 3.63. The molecular formula is C25H24ClN3O2S2. The maximum atomic E-state index is 13.6. The Balaban J connectivity index is 1.72. The van der Waals surface area contributed by atoms with Gasteiger partial charge in [-0.2, -0.15) is 0 Å². The van der Waals surface area contributed by atoms with E-state index in [1.807, 2.05) is 51.1 Å². The van der Waals surface area contributed by atoms with Crippen LogP contribution in [0.25, 0.3) is 15.9 Å². The number of thiophene rings is 1. The number of hydrogen-bond acceptors (Lipinski definition) is 5. The van der Waals surface area contributed by atoms with Crippen molar-refractivity contribution in [1.82, 2.24) is 9.55 Å². The van der Waals surface area contributed by atoms with Crippen LogP contribution in [0.1, 0.15) is 28.5 Å². The van der Waals surface area contributed by atoms with Crippen molar-refractivity contribution in [3.63, 3.8) is 0 Å². The van der Waals surface area contributed by atoms with Crippen LogP contribution >= 0.6 is 34.7 Å². The van der Waals surface area contributed by atoms with Crippen molar-refractivity contribution in [2.45, 2.75) is 39.3 Å². The molecule has 0 saturated carbocycles. The van der Waals surface area contributed by atoms with Gasteiger partial charge >= 0.3 is 0 Å². The largest absolute Gasteiger partial charge is 0.325 e. The fraction of sp³-hybridized carbons (Fsp3) is 0.240. The average Bonchev–Trinajstić information content (AvgIpc) is 3.12. The quantitative estimate of drug-likeness (QED) is 0.250. The highest BCUT2D eigenvalue weighted by molar-refractivity contribution is 7.99. The molecule has 0 saturated heterocycles. The van der Waals surface area contributed by atoms with Gasteiger partial charge in [0.2, 0.25) is 5.91 Å². The Bertz CT molecular complexity index is 1410. The molecule has 0 spiro atoms. The maximum Gasteiger partial charge on any atom is 0.267 e. The Hall–Kier alpha value is -2.61. The maximum absolute atomic E-state index is 13.6. The molecule has 4 rings (SSSR count). The predicted molar refractivity (Wildman–Crippen MR) is 140 cm³/mol. The van der Waals surface area contributed by atoms with Gasteiger partial charge in [0.1, 0.15) is 4.83 Å². The van der Waals surface area contributed by atoms with Gasteiger partial charge in [0, 0.05) is 15.6 Å². The van der Waals surface area contributed by atoms with Crippen LogP contribution in [0.4, 0.5) is 5.69 Å². The van der Waals surface area contributed by atoms with Crippen LogP contribution < -0.4 is 10.9 Å². The Morgan fingerprint density at radius 3 is 2.55 bits per heavy atom. The minimum Gasteiger partial charge on any atom is -0.325 e. The van der Waals surface area contributed by atoms with Crippen LogP contribution in [0, 0.1) is 20.8 Å². The van der Waals surface area contributed by atoms with Crippen molar-refractivity contribution in [1.29, 1.82) is 0 Å². The van der Waals surface area contributed by atoms with Crippen LogP contribution in [0.3, 0.4) is 0 Å². The van der Waals surface area contributed by atoms with E-state index in [0.29, 0.717) is 26.1 Å². The number of halogens is 1. The first-order valence-corrected chi connectivity index (χ1v) is 12.8. The first-order valence-electron chi connectivity index (χ1n) is 10.6. The molecule has 0 aliphatic rings. The van der Waals surface area contributed by atoms with Gasteiger partial charge in [-0.3, -0.25) is 14.2 Å². The number of hydrogen-bond donors (Lipinski definition) is 1. The van der Waals surface area contributed by atoms with Gasteiger partial charge in [0.15, 0.2) is 5.16 Å². The van der Waals surface area contributed by atoms with Crippen molar-refractivity contribution in [2.75, 3.05) is 11.1 Å². The average molecular weight is 498 g/mol. The van der Waals surface area contributed by atoms with E-state index in [9.17, 15) is 9.59 Å². The second-order valence-corrected chi connectivity index (χ2v) is 10.2. The van der Waals surface area contributed by atoms with Crippen molar-refractivity contribution in [3.8, 4) is 5.69 Å². The van der Waals surface area contributed by atoms with Crippen LogP contribution in [-0.2, 0) is 11.2 Å². The third kappa shape index (κ3) is 4.71. The van der Waals surface area contributed by atoms with Crippen molar-refractivity contribution in [2.24, 2.45) is 0 Å². The topological polar surface area (TPSA) is 64.0 Å². The van der Waals surface area contributed by atoms with E-state index >= 15 is 0 Å². The van der Waals surface area contributed by atoms with Crippen LogP contribution in [-0.4, -0.2) is 21.2 Å². The molecule has 33 heavy (non-hydrogen) atoms. The third-order valence-electron chi connectivity index (χ3n) is 5.52. The van der Waals surface area contributed by atoms with Crippen molar-refractivity contribution < 1.29 is 4.79 Å². The molecule has 170 valence electrons. The molecule has 0 aliphatic carbocycles. The molecular weight excluding hydrogens is 474 g/mol. The van der Waals surface area contributed by atoms with Gasteiger partial charge in [-0.05, 0) is 62.6 Å². The Morgan fingerprint density at radius 2 is 1.85 bits per heavy atom. The minimum atomic E-state index is -0.188.